The number of fused-ring (bicyclic) bond motifs is 2. The molecular weight excluding hydrogens is 460 g/mol. The molecule has 0 fully saturated rings. The van der Waals surface area contributed by atoms with E-state index < -0.39 is 16.8 Å². The lowest BCUT2D eigenvalue weighted by Crippen LogP contribution is -2.29. The van der Waals surface area contributed by atoms with Crippen molar-refractivity contribution >= 4 is 23.1 Å². The summed E-state index contributed by atoms with van der Waals surface area (Å²) in [5.41, 5.74) is 4.58. The molecule has 1 N–H and O–H groups in total. The van der Waals surface area contributed by atoms with Crippen LogP contribution in [0.1, 0.15) is 39.9 Å². The summed E-state index contributed by atoms with van der Waals surface area (Å²) in [4.78, 5) is 37.2. The van der Waals surface area contributed by atoms with Crippen LogP contribution < -0.4 is 10.1 Å². The van der Waals surface area contributed by atoms with Crippen molar-refractivity contribution in [2.24, 2.45) is 0 Å². The van der Waals surface area contributed by atoms with Gasteiger partial charge in [-0.2, -0.15) is 0 Å². The van der Waals surface area contributed by atoms with E-state index >= 15 is 0 Å². The Hall–Kier alpha value is -4.72. The fraction of sp³-hybridized carbons (Fsp3) is 0.143. The van der Waals surface area contributed by atoms with E-state index in [9.17, 15) is 19.7 Å². The number of ether oxygens (including phenoxy) is 2. The molecule has 180 valence electrons. The summed E-state index contributed by atoms with van der Waals surface area (Å²) in [7, 11) is 1.31. The van der Waals surface area contributed by atoms with E-state index in [1.807, 2.05) is 30.3 Å². The van der Waals surface area contributed by atoms with Crippen molar-refractivity contribution in [1.29, 1.82) is 0 Å². The Morgan fingerprint density at radius 3 is 2.50 bits per heavy atom. The monoisotopic (exact) mass is 482 g/mol. The zero-order valence-corrected chi connectivity index (χ0v) is 19.6. The fourth-order valence-corrected chi connectivity index (χ4v) is 4.79. The number of hydrogen-bond acceptors (Lipinski definition) is 7. The lowest BCUT2D eigenvalue weighted by Gasteiger charge is -2.30. The van der Waals surface area contributed by atoms with E-state index in [0.29, 0.717) is 45.0 Å². The first-order valence-corrected chi connectivity index (χ1v) is 11.3. The maximum atomic E-state index is 13.6. The molecule has 0 saturated carbocycles. The van der Waals surface area contributed by atoms with Gasteiger partial charge in [-0.3, -0.25) is 14.9 Å². The zero-order chi connectivity index (χ0) is 25.4. The van der Waals surface area contributed by atoms with E-state index in [-0.39, 0.29) is 18.1 Å². The molecule has 0 unspecified atom stereocenters. The van der Waals surface area contributed by atoms with Gasteiger partial charge >= 0.3 is 5.97 Å². The third-order valence-electron chi connectivity index (χ3n) is 6.40. The largest absolute Gasteiger partial charge is 0.489 e. The Morgan fingerprint density at radius 1 is 1.03 bits per heavy atom. The molecule has 0 aromatic heterocycles. The van der Waals surface area contributed by atoms with Gasteiger partial charge in [0.2, 0.25) is 0 Å². The summed E-state index contributed by atoms with van der Waals surface area (Å²) in [5, 5.41) is 14.4. The Balaban J connectivity index is 1.59. The van der Waals surface area contributed by atoms with Gasteiger partial charge in [0.15, 0.2) is 5.78 Å². The van der Waals surface area contributed by atoms with Crippen LogP contribution in [0.15, 0.2) is 89.6 Å². The number of nitrogens with one attached hydrogen (secondary N) is 1. The normalized spacial score (nSPS) is 16.3. The highest BCUT2D eigenvalue weighted by molar-refractivity contribution is 6.23. The molecule has 1 aliphatic carbocycles. The predicted octanol–water partition coefficient (Wildman–Crippen LogP) is 4.92. The van der Waals surface area contributed by atoms with E-state index in [0.717, 1.165) is 5.56 Å². The number of ketones is 1. The quantitative estimate of drug-likeness (QED) is 0.302. The molecule has 0 amide bonds. The number of dihydropyridines is 1. The van der Waals surface area contributed by atoms with Gasteiger partial charge in [0.25, 0.3) is 5.69 Å². The van der Waals surface area contributed by atoms with Gasteiger partial charge in [-0.15, -0.1) is 0 Å². The van der Waals surface area contributed by atoms with E-state index in [1.165, 1.54) is 19.2 Å². The SMILES string of the molecule is COC(=O)C1=C(C)NC2=C(C(=O)c3ccccc32)[C@@H]1c1ccccc1OCc1cccc([N+](=O)[O-])c1. The van der Waals surface area contributed by atoms with Crippen molar-refractivity contribution in [3.63, 3.8) is 0 Å². The van der Waals surface area contributed by atoms with Crippen molar-refractivity contribution in [2.45, 2.75) is 19.4 Å². The number of carbonyl (C=O) groups excluding carboxylic acids is 2. The van der Waals surface area contributed by atoms with Crippen LogP contribution in [0.3, 0.4) is 0 Å². The maximum absolute atomic E-state index is 13.6. The molecule has 0 radical (unpaired) electrons. The van der Waals surface area contributed by atoms with Crippen LogP contribution in [0.5, 0.6) is 5.75 Å². The highest BCUT2D eigenvalue weighted by Gasteiger charge is 2.43. The number of methoxy groups -OCH3 is 1. The van der Waals surface area contributed by atoms with Crippen molar-refractivity contribution in [2.75, 3.05) is 7.11 Å². The number of Topliss-reactive ketones (excluding diaryl/α,β-unsaturated/α-hetero) is 1. The predicted molar refractivity (Wildman–Crippen MR) is 132 cm³/mol. The standard InChI is InChI=1S/C28H22N2O6/c1-16-23(28(32)35-2)24(25-26(29-16)19-10-3-4-11-20(19)27(25)31)21-12-5-6-13-22(21)36-15-17-8-7-9-18(14-17)30(33)34/h3-14,24,29H,15H2,1-2H3/t24-/m1/s1. The van der Waals surface area contributed by atoms with E-state index in [2.05, 4.69) is 5.32 Å². The van der Waals surface area contributed by atoms with Crippen LogP contribution in [-0.2, 0) is 16.1 Å². The number of benzene rings is 3. The summed E-state index contributed by atoms with van der Waals surface area (Å²) in [6.07, 6.45) is 0. The second kappa shape index (κ2) is 9.14. The van der Waals surface area contributed by atoms with Crippen molar-refractivity contribution in [3.8, 4) is 5.75 Å². The summed E-state index contributed by atoms with van der Waals surface area (Å²) >= 11 is 0. The summed E-state index contributed by atoms with van der Waals surface area (Å²) in [6.45, 7) is 1.85. The zero-order valence-electron chi connectivity index (χ0n) is 19.6. The molecule has 1 heterocycles. The van der Waals surface area contributed by atoms with Gasteiger partial charge in [0.1, 0.15) is 12.4 Å². The minimum atomic E-state index is -0.727. The fourth-order valence-electron chi connectivity index (χ4n) is 4.79. The topological polar surface area (TPSA) is 108 Å². The molecule has 8 nitrogen and oxygen atoms in total. The first kappa shape index (κ1) is 23.0. The van der Waals surface area contributed by atoms with Crippen LogP contribution >= 0.6 is 0 Å². The van der Waals surface area contributed by atoms with Gasteiger partial charge in [0, 0.05) is 40.1 Å². The summed E-state index contributed by atoms with van der Waals surface area (Å²) in [6, 6.07) is 20.7. The summed E-state index contributed by atoms with van der Waals surface area (Å²) < 4.78 is 11.2. The Bertz CT molecular complexity index is 1490. The lowest BCUT2D eigenvalue weighted by atomic mass is 9.79. The Kier molecular flexibility index (Phi) is 5.85. The van der Waals surface area contributed by atoms with Crippen LogP contribution in [0.4, 0.5) is 5.69 Å². The molecule has 2 aliphatic rings. The highest BCUT2D eigenvalue weighted by Crippen LogP contribution is 2.48. The van der Waals surface area contributed by atoms with E-state index in [1.54, 1.807) is 37.3 Å². The first-order chi connectivity index (χ1) is 17.4. The lowest BCUT2D eigenvalue weighted by molar-refractivity contribution is -0.384. The van der Waals surface area contributed by atoms with Crippen molar-refractivity contribution in [3.05, 3.63) is 122 Å². The molecule has 8 heteroatoms. The van der Waals surface area contributed by atoms with Crippen molar-refractivity contribution < 1.29 is 24.0 Å². The second-order valence-corrected chi connectivity index (χ2v) is 8.51. The third kappa shape index (κ3) is 3.82. The van der Waals surface area contributed by atoms with Crippen LogP contribution in [-0.4, -0.2) is 23.8 Å². The number of esters is 1. The van der Waals surface area contributed by atoms with Gasteiger partial charge < -0.3 is 14.8 Å². The maximum Gasteiger partial charge on any atom is 0.336 e. The molecule has 0 spiro atoms. The number of non-ortho nitro benzene ring substituents is 1. The molecule has 1 atom stereocenters. The Labute approximate surface area is 207 Å². The number of rotatable bonds is 6. The molecule has 3 aromatic carbocycles. The number of hydrogen-bond donors (Lipinski definition) is 1. The molecular formula is C28H22N2O6. The number of nitrogens with zero attached hydrogens (tertiary/aromatic N) is 1. The number of carbonyl (C=O) groups is 2. The number of para-hydroxylation sites is 1. The van der Waals surface area contributed by atoms with Crippen LogP contribution in [0.25, 0.3) is 5.70 Å². The van der Waals surface area contributed by atoms with Crippen molar-refractivity contribution in [1.82, 2.24) is 5.32 Å². The number of nitro groups is 1. The van der Waals surface area contributed by atoms with Crippen LogP contribution in [0.2, 0.25) is 0 Å². The van der Waals surface area contributed by atoms with Crippen LogP contribution in [0, 0.1) is 10.1 Å². The highest BCUT2D eigenvalue weighted by atomic mass is 16.6. The molecule has 5 rings (SSSR count). The molecule has 36 heavy (non-hydrogen) atoms. The molecule has 3 aromatic rings. The minimum absolute atomic E-state index is 0.0293. The third-order valence-corrected chi connectivity index (χ3v) is 6.40. The van der Waals surface area contributed by atoms with E-state index in [4.69, 9.17) is 9.47 Å². The van der Waals surface area contributed by atoms with Gasteiger partial charge in [-0.1, -0.05) is 54.6 Å². The molecule has 0 saturated heterocycles. The van der Waals surface area contributed by atoms with Gasteiger partial charge in [-0.25, -0.2) is 4.79 Å². The number of nitro benzene ring substituents is 1. The minimum Gasteiger partial charge on any atom is -0.489 e. The van der Waals surface area contributed by atoms with Gasteiger partial charge in [0.05, 0.1) is 29.2 Å². The Morgan fingerprint density at radius 2 is 1.75 bits per heavy atom. The molecule has 0 bridgehead atoms. The average molecular weight is 482 g/mol. The number of allylic oxidation sites excluding steroid dienone is 2. The first-order valence-electron chi connectivity index (χ1n) is 11.3. The second-order valence-electron chi connectivity index (χ2n) is 8.51. The average Bonchev–Trinajstić information content (AvgIpc) is 3.18. The summed E-state index contributed by atoms with van der Waals surface area (Å²) in [5.74, 6) is -0.982. The van der Waals surface area contributed by atoms with Gasteiger partial charge in [-0.05, 0) is 18.6 Å². The molecule has 1 aliphatic heterocycles. The smallest absolute Gasteiger partial charge is 0.336 e.